The van der Waals surface area contributed by atoms with Crippen LogP contribution >= 0.6 is 11.8 Å². The predicted octanol–water partition coefficient (Wildman–Crippen LogP) is 2.31. The first-order chi connectivity index (χ1) is 8.70. The summed E-state index contributed by atoms with van der Waals surface area (Å²) in [6.07, 6.45) is 9.90. The zero-order valence-electron chi connectivity index (χ0n) is 11.6. The number of thioether (sulfide) groups is 1. The Balaban J connectivity index is 1.90. The second-order valence-corrected chi connectivity index (χ2v) is 6.84. The molecule has 0 radical (unpaired) electrons. The molecule has 18 heavy (non-hydrogen) atoms. The first-order valence-electron chi connectivity index (χ1n) is 7.29. The Bertz CT molecular complexity index is 290. The average Bonchev–Trinajstić information content (AvgIpc) is 2.99. The third-order valence-electron chi connectivity index (χ3n) is 4.41. The maximum Gasteiger partial charge on any atom is 0.240 e. The number of amides is 1. The number of carbonyl (C=O) groups excluding carboxylic acids is 1. The molecule has 1 heterocycles. The van der Waals surface area contributed by atoms with Crippen molar-refractivity contribution < 1.29 is 4.79 Å². The van der Waals surface area contributed by atoms with E-state index >= 15 is 0 Å². The van der Waals surface area contributed by atoms with Gasteiger partial charge < -0.3 is 10.6 Å². The second-order valence-electron chi connectivity index (χ2n) is 5.70. The Hall–Kier alpha value is -0.220. The zero-order chi connectivity index (χ0) is 13.0. The Morgan fingerprint density at radius 3 is 2.89 bits per heavy atom. The molecule has 1 aliphatic heterocycles. The van der Waals surface area contributed by atoms with Gasteiger partial charge in [0.05, 0.1) is 5.54 Å². The van der Waals surface area contributed by atoms with Crippen molar-refractivity contribution in [3.8, 4) is 0 Å². The van der Waals surface area contributed by atoms with Crippen LogP contribution in [0.15, 0.2) is 0 Å². The molecule has 0 bridgehead atoms. The molecule has 1 saturated heterocycles. The van der Waals surface area contributed by atoms with Gasteiger partial charge in [0.15, 0.2) is 0 Å². The van der Waals surface area contributed by atoms with Crippen LogP contribution in [0.25, 0.3) is 0 Å². The van der Waals surface area contributed by atoms with Crippen LogP contribution in [0.2, 0.25) is 0 Å². The maximum absolute atomic E-state index is 12.5. The van der Waals surface area contributed by atoms with E-state index in [4.69, 9.17) is 0 Å². The Kier molecular flexibility index (Phi) is 4.96. The van der Waals surface area contributed by atoms with Crippen LogP contribution in [0.4, 0.5) is 0 Å². The van der Waals surface area contributed by atoms with E-state index < -0.39 is 0 Å². The number of nitrogens with one attached hydrogen (secondary N) is 2. The second kappa shape index (κ2) is 6.29. The van der Waals surface area contributed by atoms with E-state index in [-0.39, 0.29) is 11.4 Å². The maximum atomic E-state index is 12.5. The minimum absolute atomic E-state index is 0.258. The first kappa shape index (κ1) is 14.2. The van der Waals surface area contributed by atoms with Crippen molar-refractivity contribution in [3.63, 3.8) is 0 Å². The van der Waals surface area contributed by atoms with Crippen molar-refractivity contribution >= 4 is 17.7 Å². The number of hydrogen-bond donors (Lipinski definition) is 2. The van der Waals surface area contributed by atoms with E-state index in [1.54, 1.807) is 0 Å². The van der Waals surface area contributed by atoms with Crippen LogP contribution in [0.5, 0.6) is 0 Å². The summed E-state index contributed by atoms with van der Waals surface area (Å²) in [6.45, 7) is 3.15. The van der Waals surface area contributed by atoms with Crippen LogP contribution in [0.3, 0.4) is 0 Å². The largest absolute Gasteiger partial charge is 0.352 e. The molecule has 2 aliphatic rings. The molecule has 104 valence electrons. The van der Waals surface area contributed by atoms with E-state index in [1.165, 1.54) is 6.42 Å². The van der Waals surface area contributed by atoms with E-state index in [0.29, 0.717) is 6.04 Å². The minimum atomic E-state index is -0.258. The SMILES string of the molecule is CCCC1(C(=O)NC2CCC(SC)C2)CCCN1. The van der Waals surface area contributed by atoms with Crippen molar-refractivity contribution in [3.05, 3.63) is 0 Å². The quantitative estimate of drug-likeness (QED) is 0.805. The molecule has 1 saturated carbocycles. The lowest BCUT2D eigenvalue weighted by Crippen LogP contribution is -2.55. The summed E-state index contributed by atoms with van der Waals surface area (Å²) in [5.74, 6) is 0.258. The summed E-state index contributed by atoms with van der Waals surface area (Å²) in [7, 11) is 0. The molecule has 3 atom stereocenters. The van der Waals surface area contributed by atoms with E-state index in [1.807, 2.05) is 11.8 Å². The zero-order valence-corrected chi connectivity index (χ0v) is 12.4. The Morgan fingerprint density at radius 2 is 2.33 bits per heavy atom. The van der Waals surface area contributed by atoms with Crippen LogP contribution in [-0.2, 0) is 4.79 Å². The molecule has 0 aromatic rings. The van der Waals surface area contributed by atoms with E-state index in [0.717, 1.165) is 50.3 Å². The summed E-state index contributed by atoms with van der Waals surface area (Å²) >= 11 is 1.94. The van der Waals surface area contributed by atoms with Gasteiger partial charge >= 0.3 is 0 Å². The fraction of sp³-hybridized carbons (Fsp3) is 0.929. The van der Waals surface area contributed by atoms with Gasteiger partial charge in [0.25, 0.3) is 0 Å². The summed E-state index contributed by atoms with van der Waals surface area (Å²) < 4.78 is 0. The van der Waals surface area contributed by atoms with Crippen LogP contribution < -0.4 is 10.6 Å². The van der Waals surface area contributed by atoms with Crippen molar-refractivity contribution in [1.82, 2.24) is 10.6 Å². The van der Waals surface area contributed by atoms with E-state index in [9.17, 15) is 4.79 Å². The molecule has 1 amide bonds. The third-order valence-corrected chi connectivity index (χ3v) is 5.50. The topological polar surface area (TPSA) is 41.1 Å². The van der Waals surface area contributed by atoms with Gasteiger partial charge in [-0.25, -0.2) is 0 Å². The fourth-order valence-corrected chi connectivity index (χ4v) is 4.16. The van der Waals surface area contributed by atoms with Crippen LogP contribution in [0, 0.1) is 0 Å². The van der Waals surface area contributed by atoms with Crippen molar-refractivity contribution in [1.29, 1.82) is 0 Å². The van der Waals surface area contributed by atoms with E-state index in [2.05, 4.69) is 23.8 Å². The predicted molar refractivity (Wildman–Crippen MR) is 78.0 cm³/mol. The average molecular weight is 270 g/mol. The lowest BCUT2D eigenvalue weighted by molar-refractivity contribution is -0.128. The Labute approximate surface area is 115 Å². The smallest absolute Gasteiger partial charge is 0.240 e. The van der Waals surface area contributed by atoms with Crippen LogP contribution in [0.1, 0.15) is 51.9 Å². The molecule has 0 spiro atoms. The van der Waals surface area contributed by atoms with Gasteiger partial charge in [0.2, 0.25) is 5.91 Å². The highest BCUT2D eigenvalue weighted by Gasteiger charge is 2.41. The highest BCUT2D eigenvalue weighted by molar-refractivity contribution is 7.99. The summed E-state index contributed by atoms with van der Waals surface area (Å²) in [6, 6.07) is 0.408. The van der Waals surface area contributed by atoms with Gasteiger partial charge in [0.1, 0.15) is 0 Å². The normalized spacial score (nSPS) is 35.9. The van der Waals surface area contributed by atoms with Gasteiger partial charge in [-0.15, -0.1) is 0 Å². The molecule has 2 fully saturated rings. The number of carbonyl (C=O) groups is 1. The monoisotopic (exact) mass is 270 g/mol. The van der Waals surface area contributed by atoms with Gasteiger partial charge in [0, 0.05) is 11.3 Å². The molecule has 2 rings (SSSR count). The molecule has 3 unspecified atom stereocenters. The van der Waals surface area contributed by atoms with Gasteiger partial charge in [-0.3, -0.25) is 4.79 Å². The lowest BCUT2D eigenvalue weighted by atomic mass is 9.90. The molecule has 4 heteroatoms. The summed E-state index contributed by atoms with van der Waals surface area (Å²) in [4.78, 5) is 12.5. The van der Waals surface area contributed by atoms with Gasteiger partial charge in [-0.2, -0.15) is 11.8 Å². The molecular formula is C14H26N2OS. The lowest BCUT2D eigenvalue weighted by Gasteiger charge is -2.29. The van der Waals surface area contributed by atoms with Crippen LogP contribution in [-0.4, -0.2) is 35.5 Å². The minimum Gasteiger partial charge on any atom is -0.352 e. The van der Waals surface area contributed by atoms with Crippen molar-refractivity contribution in [2.45, 2.75) is 68.7 Å². The van der Waals surface area contributed by atoms with Crippen molar-refractivity contribution in [2.24, 2.45) is 0 Å². The summed E-state index contributed by atoms with van der Waals surface area (Å²) in [5, 5.41) is 7.49. The first-order valence-corrected chi connectivity index (χ1v) is 8.58. The Morgan fingerprint density at radius 1 is 1.50 bits per heavy atom. The molecule has 0 aromatic heterocycles. The highest BCUT2D eigenvalue weighted by Crippen LogP contribution is 2.30. The van der Waals surface area contributed by atoms with Gasteiger partial charge in [-0.1, -0.05) is 13.3 Å². The molecular weight excluding hydrogens is 244 g/mol. The summed E-state index contributed by atoms with van der Waals surface area (Å²) in [5.41, 5.74) is -0.258. The molecule has 1 aliphatic carbocycles. The molecule has 3 nitrogen and oxygen atoms in total. The number of hydrogen-bond acceptors (Lipinski definition) is 3. The molecule has 2 N–H and O–H groups in total. The standard InChI is InChI=1S/C14H26N2OS/c1-3-7-14(8-4-9-15-14)13(17)16-11-5-6-12(10-11)18-2/h11-12,15H,3-10H2,1-2H3,(H,16,17). The fourth-order valence-electron chi connectivity index (χ4n) is 3.36. The number of rotatable bonds is 5. The molecule has 0 aromatic carbocycles. The van der Waals surface area contributed by atoms with Crippen molar-refractivity contribution in [2.75, 3.05) is 12.8 Å². The highest BCUT2D eigenvalue weighted by atomic mass is 32.2. The van der Waals surface area contributed by atoms with Gasteiger partial charge in [-0.05, 0) is 51.3 Å². The third kappa shape index (κ3) is 3.02.